The van der Waals surface area contributed by atoms with Crippen molar-refractivity contribution in [3.8, 4) is 0 Å². The first-order chi connectivity index (χ1) is 17.8. The lowest BCUT2D eigenvalue weighted by molar-refractivity contribution is -0.141. The number of benzene rings is 2. The predicted molar refractivity (Wildman–Crippen MR) is 139 cm³/mol. The number of carbonyl (C=O) groups excluding carboxylic acids is 2. The van der Waals surface area contributed by atoms with Crippen molar-refractivity contribution in [1.29, 1.82) is 0 Å². The van der Waals surface area contributed by atoms with Gasteiger partial charge in [0.05, 0.1) is 11.4 Å². The molecule has 1 aliphatic heterocycles. The summed E-state index contributed by atoms with van der Waals surface area (Å²) >= 11 is 0. The van der Waals surface area contributed by atoms with Crippen molar-refractivity contribution in [3.05, 3.63) is 66.0 Å². The third kappa shape index (κ3) is 6.57. The Hall–Kier alpha value is -2.78. The standard InChI is InChI=1S/C28H36FN3O4S/c1-2-16-31(37(35,36)26-12-4-3-5-13-26)21-27(33)32(20-22-8-6-11-24(29)19-22)25-14-17-30(18-15-25)28(34)23-9-7-10-23/h3-6,8,11-13,19,23,25H,2,7,9-10,14-18,20-21H2,1H3. The SMILES string of the molecule is CCCN(CC(=O)N(Cc1cccc(F)c1)C1CCN(C(=O)C2CCC2)CC1)S(=O)(=O)c1ccccc1. The Bertz CT molecular complexity index is 1180. The molecule has 0 spiro atoms. The Morgan fingerprint density at radius 1 is 1.00 bits per heavy atom. The van der Waals surface area contributed by atoms with E-state index < -0.39 is 10.0 Å². The molecule has 9 heteroatoms. The van der Waals surface area contributed by atoms with E-state index in [-0.39, 0.29) is 54.1 Å². The van der Waals surface area contributed by atoms with Crippen LogP contribution in [0.3, 0.4) is 0 Å². The van der Waals surface area contributed by atoms with Crippen molar-refractivity contribution < 1.29 is 22.4 Å². The van der Waals surface area contributed by atoms with Gasteiger partial charge in [0.1, 0.15) is 5.82 Å². The summed E-state index contributed by atoms with van der Waals surface area (Å²) < 4.78 is 41.8. The van der Waals surface area contributed by atoms with Crippen molar-refractivity contribution in [1.82, 2.24) is 14.1 Å². The quantitative estimate of drug-likeness (QED) is 0.465. The highest BCUT2D eigenvalue weighted by atomic mass is 32.2. The summed E-state index contributed by atoms with van der Waals surface area (Å²) in [5.74, 6) is -0.366. The number of amides is 2. The van der Waals surface area contributed by atoms with Crippen molar-refractivity contribution >= 4 is 21.8 Å². The van der Waals surface area contributed by atoms with Crippen LogP contribution < -0.4 is 0 Å². The van der Waals surface area contributed by atoms with Crippen LogP contribution in [-0.4, -0.2) is 66.6 Å². The van der Waals surface area contributed by atoms with E-state index in [0.29, 0.717) is 37.9 Å². The van der Waals surface area contributed by atoms with Gasteiger partial charge in [-0.05, 0) is 61.9 Å². The molecule has 0 N–H and O–H groups in total. The molecular formula is C28H36FN3O4S. The molecule has 1 saturated heterocycles. The monoisotopic (exact) mass is 529 g/mol. The molecule has 1 saturated carbocycles. The lowest BCUT2D eigenvalue weighted by atomic mass is 9.84. The fourth-order valence-corrected chi connectivity index (χ4v) is 6.58. The van der Waals surface area contributed by atoms with Crippen LogP contribution in [0.2, 0.25) is 0 Å². The van der Waals surface area contributed by atoms with Gasteiger partial charge in [-0.15, -0.1) is 0 Å². The van der Waals surface area contributed by atoms with Crippen LogP contribution in [-0.2, 0) is 26.2 Å². The summed E-state index contributed by atoms with van der Waals surface area (Å²) in [4.78, 5) is 30.2. The van der Waals surface area contributed by atoms with Gasteiger partial charge >= 0.3 is 0 Å². The van der Waals surface area contributed by atoms with E-state index in [1.54, 1.807) is 35.2 Å². The molecule has 2 amide bonds. The van der Waals surface area contributed by atoms with Crippen LogP contribution in [0.4, 0.5) is 4.39 Å². The number of nitrogens with zero attached hydrogens (tertiary/aromatic N) is 3. The van der Waals surface area contributed by atoms with E-state index in [4.69, 9.17) is 0 Å². The third-order valence-electron chi connectivity index (χ3n) is 7.40. The van der Waals surface area contributed by atoms with E-state index >= 15 is 0 Å². The van der Waals surface area contributed by atoms with Gasteiger partial charge in [-0.3, -0.25) is 9.59 Å². The van der Waals surface area contributed by atoms with E-state index in [2.05, 4.69) is 0 Å². The number of piperidine rings is 1. The van der Waals surface area contributed by atoms with Crippen molar-refractivity contribution in [2.75, 3.05) is 26.2 Å². The molecule has 2 aromatic rings. The number of likely N-dealkylation sites (tertiary alicyclic amines) is 1. The third-order valence-corrected chi connectivity index (χ3v) is 9.26. The largest absolute Gasteiger partial charge is 0.342 e. The smallest absolute Gasteiger partial charge is 0.243 e. The molecule has 0 aromatic heterocycles. The molecule has 1 heterocycles. The highest BCUT2D eigenvalue weighted by molar-refractivity contribution is 7.89. The number of halogens is 1. The topological polar surface area (TPSA) is 78.0 Å². The minimum absolute atomic E-state index is 0.132. The number of hydrogen-bond donors (Lipinski definition) is 0. The van der Waals surface area contributed by atoms with Crippen LogP contribution in [0.25, 0.3) is 0 Å². The molecular weight excluding hydrogens is 493 g/mol. The molecule has 1 aliphatic carbocycles. The van der Waals surface area contributed by atoms with E-state index in [0.717, 1.165) is 19.3 Å². The zero-order chi connectivity index (χ0) is 26.4. The average Bonchev–Trinajstić information content (AvgIpc) is 2.86. The van der Waals surface area contributed by atoms with E-state index in [9.17, 15) is 22.4 Å². The summed E-state index contributed by atoms with van der Waals surface area (Å²) in [6.45, 7) is 3.11. The molecule has 7 nitrogen and oxygen atoms in total. The summed E-state index contributed by atoms with van der Waals surface area (Å²) in [5.41, 5.74) is 0.647. The summed E-state index contributed by atoms with van der Waals surface area (Å²) in [7, 11) is -3.86. The first kappa shape index (κ1) is 27.3. The molecule has 2 aliphatic rings. The van der Waals surface area contributed by atoms with Gasteiger partial charge in [0, 0.05) is 38.1 Å². The second-order valence-corrected chi connectivity index (χ2v) is 11.9. The van der Waals surface area contributed by atoms with Gasteiger partial charge in [0.15, 0.2) is 0 Å². The number of carbonyl (C=O) groups is 2. The Kier molecular flexibility index (Phi) is 8.97. The first-order valence-corrected chi connectivity index (χ1v) is 14.6. The van der Waals surface area contributed by atoms with Crippen LogP contribution >= 0.6 is 0 Å². The number of rotatable bonds is 10. The molecule has 0 atom stereocenters. The Balaban J connectivity index is 1.52. The van der Waals surface area contributed by atoms with Crippen LogP contribution in [0.15, 0.2) is 59.5 Å². The lowest BCUT2D eigenvalue weighted by Gasteiger charge is -2.41. The zero-order valence-electron chi connectivity index (χ0n) is 21.4. The van der Waals surface area contributed by atoms with E-state index in [1.165, 1.54) is 28.6 Å². The molecule has 0 bridgehead atoms. The van der Waals surface area contributed by atoms with Gasteiger partial charge < -0.3 is 9.80 Å². The summed E-state index contributed by atoms with van der Waals surface area (Å²) in [5, 5.41) is 0. The average molecular weight is 530 g/mol. The van der Waals surface area contributed by atoms with Gasteiger partial charge in [0.2, 0.25) is 21.8 Å². The fraction of sp³-hybridized carbons (Fsp3) is 0.500. The Morgan fingerprint density at radius 2 is 1.70 bits per heavy atom. The zero-order valence-corrected chi connectivity index (χ0v) is 22.2. The van der Waals surface area contributed by atoms with Gasteiger partial charge in [-0.2, -0.15) is 4.31 Å². The van der Waals surface area contributed by atoms with Gasteiger partial charge in [0.25, 0.3) is 0 Å². The fourth-order valence-electron chi connectivity index (χ4n) is 5.08. The second-order valence-electron chi connectivity index (χ2n) is 9.99. The van der Waals surface area contributed by atoms with Crippen LogP contribution in [0.5, 0.6) is 0 Å². The van der Waals surface area contributed by atoms with Crippen LogP contribution in [0, 0.1) is 11.7 Å². The van der Waals surface area contributed by atoms with Crippen molar-refractivity contribution in [3.63, 3.8) is 0 Å². The molecule has 0 radical (unpaired) electrons. The minimum atomic E-state index is -3.86. The maximum absolute atomic E-state index is 13.9. The predicted octanol–water partition coefficient (Wildman–Crippen LogP) is 4.05. The second kappa shape index (κ2) is 12.2. The van der Waals surface area contributed by atoms with E-state index in [1.807, 2.05) is 11.8 Å². The highest BCUT2D eigenvalue weighted by Gasteiger charge is 2.35. The maximum atomic E-state index is 13.9. The van der Waals surface area contributed by atoms with Gasteiger partial charge in [-0.25, -0.2) is 12.8 Å². The molecule has 37 heavy (non-hydrogen) atoms. The van der Waals surface area contributed by atoms with Gasteiger partial charge in [-0.1, -0.05) is 43.7 Å². The first-order valence-electron chi connectivity index (χ1n) is 13.2. The number of sulfonamides is 1. The minimum Gasteiger partial charge on any atom is -0.342 e. The Labute approximate surface area is 219 Å². The lowest BCUT2D eigenvalue weighted by Crippen LogP contribution is -2.52. The molecule has 2 aromatic carbocycles. The normalized spacial score (nSPS) is 17.0. The molecule has 2 fully saturated rings. The molecule has 200 valence electrons. The van der Waals surface area contributed by atoms with Crippen molar-refractivity contribution in [2.24, 2.45) is 5.92 Å². The maximum Gasteiger partial charge on any atom is 0.243 e. The number of hydrogen-bond acceptors (Lipinski definition) is 4. The van der Waals surface area contributed by atoms with Crippen LogP contribution in [0.1, 0.15) is 51.0 Å². The highest BCUT2D eigenvalue weighted by Crippen LogP contribution is 2.30. The van der Waals surface area contributed by atoms with Crippen molar-refractivity contribution in [2.45, 2.75) is 62.9 Å². The summed E-state index contributed by atoms with van der Waals surface area (Å²) in [6.07, 6.45) is 4.78. The Morgan fingerprint density at radius 3 is 2.30 bits per heavy atom. The summed E-state index contributed by atoms with van der Waals surface area (Å²) in [6, 6.07) is 14.1. The molecule has 0 unspecified atom stereocenters. The molecule has 4 rings (SSSR count).